The fraction of sp³-hybridized carbons (Fsp3) is 0.176. The number of fused-ring (bicyclic) bond motifs is 1. The summed E-state index contributed by atoms with van der Waals surface area (Å²) in [6.07, 6.45) is 5.13. The Hall–Kier alpha value is -2.67. The molecule has 120 valence electrons. The molecule has 1 aromatic carbocycles. The average Bonchev–Trinajstić information content (AvgIpc) is 3.22. The normalized spacial score (nSPS) is 15.9. The molecule has 6 nitrogen and oxygen atoms in total. The number of hydrogen-bond acceptors (Lipinski definition) is 5. The molecule has 1 N–H and O–H groups in total. The van der Waals surface area contributed by atoms with Crippen molar-refractivity contribution in [3.05, 3.63) is 66.2 Å². The Kier molecular flexibility index (Phi) is 4.00. The fourth-order valence-electron chi connectivity index (χ4n) is 2.68. The number of carbonyl (C=O) groups excluding carboxylic acids is 1. The fourth-order valence-corrected chi connectivity index (χ4v) is 3.91. The first-order chi connectivity index (χ1) is 11.8. The molecule has 24 heavy (non-hydrogen) atoms. The zero-order valence-electron chi connectivity index (χ0n) is 12.8. The standard InChI is InChI=1S/C17H15N5OS/c23-16(14-10-24-15-6-2-1-5-13(14)15)20-17-19-11-22(21-17)9-12-4-3-7-18-8-12/h1-8,11,14H,9-10H2,(H,20,21,23)/t14-/m1/s1. The second-order valence-corrected chi connectivity index (χ2v) is 6.58. The lowest BCUT2D eigenvalue weighted by molar-refractivity contribution is -0.117. The molecule has 4 rings (SSSR count). The molecule has 0 fully saturated rings. The van der Waals surface area contributed by atoms with E-state index in [2.05, 4.69) is 20.4 Å². The molecule has 3 heterocycles. The highest BCUT2D eigenvalue weighted by molar-refractivity contribution is 7.99. The van der Waals surface area contributed by atoms with E-state index in [0.29, 0.717) is 12.5 Å². The van der Waals surface area contributed by atoms with Gasteiger partial charge in [0, 0.05) is 23.0 Å². The first kappa shape index (κ1) is 14.9. The Balaban J connectivity index is 1.44. The van der Waals surface area contributed by atoms with Crippen LogP contribution < -0.4 is 5.32 Å². The summed E-state index contributed by atoms with van der Waals surface area (Å²) in [5.74, 6) is 0.864. The van der Waals surface area contributed by atoms with E-state index < -0.39 is 0 Å². The lowest BCUT2D eigenvalue weighted by atomic mass is 10.0. The molecule has 7 heteroatoms. The molecule has 1 aliphatic rings. The van der Waals surface area contributed by atoms with Crippen LogP contribution in [0.1, 0.15) is 17.0 Å². The maximum absolute atomic E-state index is 12.5. The minimum atomic E-state index is -0.156. The summed E-state index contributed by atoms with van der Waals surface area (Å²) in [6, 6.07) is 11.9. The van der Waals surface area contributed by atoms with Gasteiger partial charge in [-0.15, -0.1) is 16.9 Å². The topological polar surface area (TPSA) is 72.7 Å². The molecule has 2 aromatic heterocycles. The van der Waals surface area contributed by atoms with Crippen LogP contribution in [-0.4, -0.2) is 31.4 Å². The number of carbonyl (C=O) groups is 1. The third-order valence-electron chi connectivity index (χ3n) is 3.86. The largest absolute Gasteiger partial charge is 0.293 e. The third kappa shape index (κ3) is 3.03. The molecule has 0 saturated carbocycles. The molecule has 1 aliphatic heterocycles. The summed E-state index contributed by atoms with van der Waals surface area (Å²) in [5, 5.41) is 7.13. The lowest BCUT2D eigenvalue weighted by Crippen LogP contribution is -2.21. The van der Waals surface area contributed by atoms with Crippen LogP contribution in [0, 0.1) is 0 Å². The van der Waals surface area contributed by atoms with Gasteiger partial charge in [-0.25, -0.2) is 9.67 Å². The Labute approximate surface area is 143 Å². The number of amides is 1. The van der Waals surface area contributed by atoms with E-state index in [-0.39, 0.29) is 11.8 Å². The van der Waals surface area contributed by atoms with Crippen molar-refractivity contribution >= 4 is 23.6 Å². The predicted octanol–water partition coefficient (Wildman–Crippen LogP) is 2.55. The van der Waals surface area contributed by atoms with Crippen molar-refractivity contribution in [1.29, 1.82) is 0 Å². The van der Waals surface area contributed by atoms with Gasteiger partial charge < -0.3 is 0 Å². The maximum Gasteiger partial charge on any atom is 0.248 e. The Morgan fingerprint density at radius 3 is 3.08 bits per heavy atom. The van der Waals surface area contributed by atoms with Gasteiger partial charge in [0.2, 0.25) is 11.9 Å². The zero-order chi connectivity index (χ0) is 16.4. The van der Waals surface area contributed by atoms with E-state index in [1.165, 1.54) is 4.90 Å². The summed E-state index contributed by atoms with van der Waals surface area (Å²) in [4.78, 5) is 21.9. The lowest BCUT2D eigenvalue weighted by Gasteiger charge is -2.09. The Morgan fingerprint density at radius 2 is 2.21 bits per heavy atom. The maximum atomic E-state index is 12.5. The van der Waals surface area contributed by atoms with E-state index in [0.717, 1.165) is 16.9 Å². The highest BCUT2D eigenvalue weighted by Gasteiger charge is 2.29. The van der Waals surface area contributed by atoms with Crippen LogP contribution in [0.4, 0.5) is 5.95 Å². The molecule has 1 atom stereocenters. The highest BCUT2D eigenvalue weighted by atomic mass is 32.2. The van der Waals surface area contributed by atoms with E-state index in [4.69, 9.17) is 0 Å². The molecule has 0 spiro atoms. The quantitative estimate of drug-likeness (QED) is 0.792. The SMILES string of the molecule is O=C(Nc1ncn(Cc2cccnc2)n1)[C@@H]1CSc2ccccc21. The Bertz CT molecular complexity index is 864. The number of hydrogen-bond donors (Lipinski definition) is 1. The third-order valence-corrected chi connectivity index (χ3v) is 5.04. The van der Waals surface area contributed by atoms with Gasteiger partial charge >= 0.3 is 0 Å². The van der Waals surface area contributed by atoms with Crippen molar-refractivity contribution in [2.45, 2.75) is 17.4 Å². The van der Waals surface area contributed by atoms with Gasteiger partial charge in [-0.1, -0.05) is 24.3 Å². The highest BCUT2D eigenvalue weighted by Crippen LogP contribution is 2.39. The van der Waals surface area contributed by atoms with Gasteiger partial charge in [-0.3, -0.25) is 15.1 Å². The second kappa shape index (κ2) is 6.45. The van der Waals surface area contributed by atoms with Crippen LogP contribution in [0.25, 0.3) is 0 Å². The summed E-state index contributed by atoms with van der Waals surface area (Å²) in [6.45, 7) is 0.568. The molecule has 0 radical (unpaired) electrons. The van der Waals surface area contributed by atoms with Gasteiger partial charge in [-0.05, 0) is 23.3 Å². The van der Waals surface area contributed by atoms with Crippen molar-refractivity contribution in [2.75, 3.05) is 11.1 Å². The van der Waals surface area contributed by atoms with Crippen molar-refractivity contribution < 1.29 is 4.79 Å². The molecule has 0 saturated heterocycles. The van der Waals surface area contributed by atoms with Crippen molar-refractivity contribution in [1.82, 2.24) is 19.7 Å². The number of benzene rings is 1. The first-order valence-electron chi connectivity index (χ1n) is 7.60. The number of nitrogens with zero attached hydrogens (tertiary/aromatic N) is 4. The number of pyridine rings is 1. The average molecular weight is 337 g/mol. The predicted molar refractivity (Wildman–Crippen MR) is 91.9 cm³/mol. The number of anilines is 1. The van der Waals surface area contributed by atoms with E-state index >= 15 is 0 Å². The van der Waals surface area contributed by atoms with Crippen LogP contribution in [0.2, 0.25) is 0 Å². The van der Waals surface area contributed by atoms with Crippen LogP contribution in [0.15, 0.2) is 60.0 Å². The van der Waals surface area contributed by atoms with Crippen LogP contribution >= 0.6 is 11.8 Å². The molecule has 1 amide bonds. The van der Waals surface area contributed by atoms with Crippen molar-refractivity contribution in [3.8, 4) is 0 Å². The number of thioether (sulfide) groups is 1. The molecule has 0 aliphatic carbocycles. The van der Waals surface area contributed by atoms with Gasteiger partial charge in [0.15, 0.2) is 0 Å². The molecule has 3 aromatic rings. The molecule has 0 unspecified atom stereocenters. The zero-order valence-corrected chi connectivity index (χ0v) is 13.6. The van der Waals surface area contributed by atoms with Crippen molar-refractivity contribution in [3.63, 3.8) is 0 Å². The molecular formula is C17H15N5OS. The smallest absolute Gasteiger partial charge is 0.248 e. The minimum Gasteiger partial charge on any atom is -0.293 e. The van der Waals surface area contributed by atoms with E-state index in [1.807, 2.05) is 36.4 Å². The number of rotatable bonds is 4. The first-order valence-corrected chi connectivity index (χ1v) is 8.59. The molecular weight excluding hydrogens is 322 g/mol. The van der Waals surface area contributed by atoms with Gasteiger partial charge in [-0.2, -0.15) is 0 Å². The monoisotopic (exact) mass is 337 g/mol. The summed E-state index contributed by atoms with van der Waals surface area (Å²) >= 11 is 1.71. The summed E-state index contributed by atoms with van der Waals surface area (Å²) in [7, 11) is 0. The molecule has 0 bridgehead atoms. The van der Waals surface area contributed by atoms with Gasteiger partial charge in [0.1, 0.15) is 6.33 Å². The summed E-state index contributed by atoms with van der Waals surface area (Å²) < 4.78 is 1.68. The second-order valence-electron chi connectivity index (χ2n) is 5.52. The number of aromatic nitrogens is 4. The van der Waals surface area contributed by atoms with E-state index in [9.17, 15) is 4.79 Å². The van der Waals surface area contributed by atoms with Gasteiger partial charge in [0.25, 0.3) is 0 Å². The van der Waals surface area contributed by atoms with Crippen LogP contribution in [-0.2, 0) is 11.3 Å². The Morgan fingerprint density at radius 1 is 1.29 bits per heavy atom. The van der Waals surface area contributed by atoms with E-state index in [1.54, 1.807) is 35.2 Å². The van der Waals surface area contributed by atoms with Crippen molar-refractivity contribution in [2.24, 2.45) is 0 Å². The summed E-state index contributed by atoms with van der Waals surface area (Å²) in [5.41, 5.74) is 2.11. The van der Waals surface area contributed by atoms with Gasteiger partial charge in [0.05, 0.1) is 12.5 Å². The number of nitrogens with one attached hydrogen (secondary N) is 1. The minimum absolute atomic E-state index is 0.0634. The van der Waals surface area contributed by atoms with Crippen LogP contribution in [0.3, 0.4) is 0 Å². The van der Waals surface area contributed by atoms with Crippen LogP contribution in [0.5, 0.6) is 0 Å².